The van der Waals surface area contributed by atoms with Gasteiger partial charge in [-0.2, -0.15) is 0 Å². The van der Waals surface area contributed by atoms with E-state index < -0.39 is 0 Å². The van der Waals surface area contributed by atoms with Crippen LogP contribution in [0.5, 0.6) is 11.5 Å². The van der Waals surface area contributed by atoms with Crippen LogP contribution in [-0.4, -0.2) is 11.8 Å². The third kappa shape index (κ3) is 4.25. The average molecular weight is 318 g/mol. The lowest BCUT2D eigenvalue weighted by Crippen LogP contribution is -2.12. The molecule has 3 nitrogen and oxygen atoms in total. The van der Waals surface area contributed by atoms with Crippen LogP contribution in [0.1, 0.15) is 30.9 Å². The zero-order valence-electron chi connectivity index (χ0n) is 13.0. The molecule has 0 bridgehead atoms. The van der Waals surface area contributed by atoms with Crippen molar-refractivity contribution in [1.29, 1.82) is 0 Å². The Balaban J connectivity index is 2.11. The first-order valence-electron chi connectivity index (χ1n) is 7.24. The molecule has 0 aliphatic heterocycles. The summed E-state index contributed by atoms with van der Waals surface area (Å²) in [4.78, 5) is 11.3. The van der Waals surface area contributed by atoms with E-state index in [1.807, 2.05) is 31.2 Å². The molecule has 0 heterocycles. The minimum absolute atomic E-state index is 0.0561. The molecule has 0 aromatic heterocycles. The average Bonchev–Trinajstić information content (AvgIpc) is 2.50. The highest BCUT2D eigenvalue weighted by Crippen LogP contribution is 2.28. The number of amides is 1. The van der Waals surface area contributed by atoms with Gasteiger partial charge in [0.2, 0.25) is 5.91 Å². The summed E-state index contributed by atoms with van der Waals surface area (Å²) >= 11 is 5.48. The number of hydrogen-bond donors (Lipinski definition) is 1. The van der Waals surface area contributed by atoms with Crippen LogP contribution in [0.2, 0.25) is 0 Å². The van der Waals surface area contributed by atoms with Crippen molar-refractivity contribution in [3.8, 4) is 11.5 Å². The SMILES string of the molecule is Cc1cc(NC(=O)CCl)ccc1Oc1ccc(C(C)C)cc1. The Bertz CT molecular complexity index is 651. The molecule has 0 saturated carbocycles. The Morgan fingerprint density at radius 2 is 1.86 bits per heavy atom. The van der Waals surface area contributed by atoms with Crippen molar-refractivity contribution in [2.24, 2.45) is 0 Å². The van der Waals surface area contributed by atoms with E-state index in [4.69, 9.17) is 16.3 Å². The van der Waals surface area contributed by atoms with Crippen LogP contribution >= 0.6 is 11.6 Å². The molecule has 0 aliphatic rings. The number of nitrogens with one attached hydrogen (secondary N) is 1. The monoisotopic (exact) mass is 317 g/mol. The lowest BCUT2D eigenvalue weighted by atomic mass is 10.0. The quantitative estimate of drug-likeness (QED) is 0.780. The minimum atomic E-state index is -0.223. The van der Waals surface area contributed by atoms with Crippen LogP contribution < -0.4 is 10.1 Å². The van der Waals surface area contributed by atoms with Crippen molar-refractivity contribution < 1.29 is 9.53 Å². The molecule has 0 unspecified atom stereocenters. The number of ether oxygens (including phenoxy) is 1. The zero-order valence-corrected chi connectivity index (χ0v) is 13.8. The van der Waals surface area contributed by atoms with Gasteiger partial charge in [0.15, 0.2) is 0 Å². The van der Waals surface area contributed by atoms with E-state index in [9.17, 15) is 4.79 Å². The van der Waals surface area contributed by atoms with Crippen molar-refractivity contribution in [2.75, 3.05) is 11.2 Å². The first-order chi connectivity index (χ1) is 10.5. The highest BCUT2D eigenvalue weighted by Gasteiger charge is 2.06. The number of anilines is 1. The van der Waals surface area contributed by atoms with Crippen LogP contribution in [0, 0.1) is 6.92 Å². The fourth-order valence-electron chi connectivity index (χ4n) is 2.08. The van der Waals surface area contributed by atoms with Crippen LogP contribution in [-0.2, 0) is 4.79 Å². The molecule has 1 amide bonds. The Hall–Kier alpha value is -2.00. The second-order valence-electron chi connectivity index (χ2n) is 5.49. The second-order valence-corrected chi connectivity index (χ2v) is 5.76. The van der Waals surface area contributed by atoms with E-state index in [-0.39, 0.29) is 11.8 Å². The normalized spacial score (nSPS) is 10.6. The number of carbonyl (C=O) groups excluding carboxylic acids is 1. The van der Waals surface area contributed by atoms with E-state index >= 15 is 0 Å². The van der Waals surface area contributed by atoms with Gasteiger partial charge < -0.3 is 10.1 Å². The number of halogens is 1. The first kappa shape index (κ1) is 16.4. The van der Waals surface area contributed by atoms with Crippen LogP contribution in [0.3, 0.4) is 0 Å². The van der Waals surface area contributed by atoms with Crippen molar-refractivity contribution in [3.63, 3.8) is 0 Å². The number of hydrogen-bond acceptors (Lipinski definition) is 2. The van der Waals surface area contributed by atoms with Gasteiger partial charge in [-0.3, -0.25) is 4.79 Å². The number of rotatable bonds is 5. The summed E-state index contributed by atoms with van der Waals surface area (Å²) in [6.45, 7) is 6.26. The van der Waals surface area contributed by atoms with Gasteiger partial charge in [-0.25, -0.2) is 0 Å². The summed E-state index contributed by atoms with van der Waals surface area (Å²) in [7, 11) is 0. The number of benzene rings is 2. The molecular weight excluding hydrogens is 298 g/mol. The molecular formula is C18H20ClNO2. The largest absolute Gasteiger partial charge is 0.457 e. The van der Waals surface area contributed by atoms with Gasteiger partial charge >= 0.3 is 0 Å². The van der Waals surface area contributed by atoms with Crippen LogP contribution in [0.25, 0.3) is 0 Å². The second kappa shape index (κ2) is 7.32. The maximum Gasteiger partial charge on any atom is 0.239 e. The first-order valence-corrected chi connectivity index (χ1v) is 7.77. The molecule has 116 valence electrons. The van der Waals surface area contributed by atoms with Gasteiger partial charge in [-0.15, -0.1) is 11.6 Å². The lowest BCUT2D eigenvalue weighted by Gasteiger charge is -2.12. The third-order valence-corrected chi connectivity index (χ3v) is 3.60. The van der Waals surface area contributed by atoms with Gasteiger partial charge in [-0.1, -0.05) is 26.0 Å². The van der Waals surface area contributed by atoms with E-state index in [1.54, 1.807) is 6.07 Å². The molecule has 4 heteroatoms. The van der Waals surface area contributed by atoms with Gasteiger partial charge in [0, 0.05) is 5.69 Å². The Morgan fingerprint density at radius 3 is 2.41 bits per heavy atom. The van der Waals surface area contributed by atoms with Gasteiger partial charge in [-0.05, 0) is 54.3 Å². The molecule has 0 spiro atoms. The molecule has 0 atom stereocenters. The van der Waals surface area contributed by atoms with Gasteiger partial charge in [0.1, 0.15) is 17.4 Å². The smallest absolute Gasteiger partial charge is 0.239 e. The molecule has 2 aromatic carbocycles. The molecule has 0 aliphatic carbocycles. The molecule has 2 rings (SSSR count). The maximum atomic E-state index is 11.3. The van der Waals surface area contributed by atoms with Crippen molar-refractivity contribution in [3.05, 3.63) is 53.6 Å². The summed E-state index contributed by atoms with van der Waals surface area (Å²) in [6, 6.07) is 13.6. The van der Waals surface area contributed by atoms with E-state index in [2.05, 4.69) is 31.3 Å². The predicted molar refractivity (Wildman–Crippen MR) is 91.1 cm³/mol. The van der Waals surface area contributed by atoms with E-state index in [1.165, 1.54) is 5.56 Å². The van der Waals surface area contributed by atoms with Crippen molar-refractivity contribution in [2.45, 2.75) is 26.7 Å². The highest BCUT2D eigenvalue weighted by atomic mass is 35.5. The summed E-state index contributed by atoms with van der Waals surface area (Å²) in [6.07, 6.45) is 0. The fourth-order valence-corrected chi connectivity index (χ4v) is 2.15. The lowest BCUT2D eigenvalue weighted by molar-refractivity contribution is -0.113. The zero-order chi connectivity index (χ0) is 16.1. The number of carbonyl (C=O) groups is 1. The number of aryl methyl sites for hydroxylation is 1. The topological polar surface area (TPSA) is 38.3 Å². The summed E-state index contributed by atoms with van der Waals surface area (Å²) in [5.41, 5.74) is 2.94. The standard InChI is InChI=1S/C18H20ClNO2/c1-12(2)14-4-7-16(8-5-14)22-17-9-6-15(10-13(17)3)20-18(21)11-19/h4-10,12H,11H2,1-3H3,(H,20,21). The molecule has 0 saturated heterocycles. The van der Waals surface area contributed by atoms with Gasteiger partial charge in [0.05, 0.1) is 0 Å². The molecule has 2 aromatic rings. The van der Waals surface area contributed by atoms with E-state index in [0.717, 1.165) is 17.1 Å². The van der Waals surface area contributed by atoms with Gasteiger partial charge in [0.25, 0.3) is 0 Å². The van der Waals surface area contributed by atoms with Crippen LogP contribution in [0.4, 0.5) is 5.69 Å². The molecule has 0 radical (unpaired) electrons. The Kier molecular flexibility index (Phi) is 5.45. The number of alkyl halides is 1. The predicted octanol–water partition coefficient (Wildman–Crippen LogP) is 5.09. The molecule has 22 heavy (non-hydrogen) atoms. The Labute approximate surface area is 136 Å². The minimum Gasteiger partial charge on any atom is -0.457 e. The summed E-state index contributed by atoms with van der Waals surface area (Å²) in [5, 5.41) is 2.72. The highest BCUT2D eigenvalue weighted by molar-refractivity contribution is 6.29. The van der Waals surface area contributed by atoms with E-state index in [0.29, 0.717) is 11.6 Å². The van der Waals surface area contributed by atoms with Crippen molar-refractivity contribution in [1.82, 2.24) is 0 Å². The third-order valence-electron chi connectivity index (χ3n) is 3.35. The van der Waals surface area contributed by atoms with Crippen molar-refractivity contribution >= 4 is 23.2 Å². The maximum absolute atomic E-state index is 11.3. The Morgan fingerprint density at radius 1 is 1.18 bits per heavy atom. The molecule has 0 fully saturated rings. The fraction of sp³-hybridized carbons (Fsp3) is 0.278. The molecule has 1 N–H and O–H groups in total. The summed E-state index contributed by atoms with van der Waals surface area (Å²) < 4.78 is 5.89. The summed E-state index contributed by atoms with van der Waals surface area (Å²) in [5.74, 6) is 1.78. The van der Waals surface area contributed by atoms with Crippen LogP contribution in [0.15, 0.2) is 42.5 Å².